The minimum atomic E-state index is 0.0914. The van der Waals surface area contributed by atoms with E-state index in [1.807, 2.05) is 12.2 Å². The van der Waals surface area contributed by atoms with Crippen LogP contribution in [0.25, 0.3) is 0 Å². The largest absolute Gasteiger partial charge is 0.303 e. The second kappa shape index (κ2) is 2.58. The minimum absolute atomic E-state index is 0.0914. The quantitative estimate of drug-likeness (QED) is 0.302. The van der Waals surface area contributed by atoms with Gasteiger partial charge < -0.3 is 9.79 Å². The highest BCUT2D eigenvalue weighted by atomic mass is 16.1. The Morgan fingerprint density at radius 2 is 2.11 bits per heavy atom. The molecule has 9 heavy (non-hydrogen) atoms. The number of allylic oxidation sites excluding steroid dienone is 2. The van der Waals surface area contributed by atoms with Gasteiger partial charge in [0.25, 0.3) is 0 Å². The van der Waals surface area contributed by atoms with Crippen LogP contribution < -0.4 is 0 Å². The van der Waals surface area contributed by atoms with Crippen molar-refractivity contribution < 1.29 is 4.79 Å². The molecule has 0 saturated heterocycles. The van der Waals surface area contributed by atoms with Crippen molar-refractivity contribution in [1.29, 1.82) is 0 Å². The van der Waals surface area contributed by atoms with E-state index in [1.54, 1.807) is 13.3 Å². The van der Waals surface area contributed by atoms with Gasteiger partial charge in [0.2, 0.25) is 0 Å². The molecule has 0 aromatic carbocycles. The molecule has 0 fully saturated rings. The van der Waals surface area contributed by atoms with Crippen molar-refractivity contribution in [3.63, 3.8) is 0 Å². The summed E-state index contributed by atoms with van der Waals surface area (Å²) >= 11 is 0. The molecule has 0 radical (unpaired) electrons. The number of aldehydes is 1. The van der Waals surface area contributed by atoms with E-state index in [-0.39, 0.29) is 11.8 Å². The van der Waals surface area contributed by atoms with Crippen LogP contribution in [-0.2, 0) is 4.79 Å². The molecule has 0 aromatic rings. The average molecular weight is 123 g/mol. The Morgan fingerprint density at radius 3 is 2.44 bits per heavy atom. The Bertz CT molecular complexity index is 160. The van der Waals surface area contributed by atoms with E-state index in [4.69, 9.17) is 0 Å². The predicted molar refractivity (Wildman–Crippen MR) is 36.6 cm³/mol. The van der Waals surface area contributed by atoms with Crippen LogP contribution in [0.2, 0.25) is 0 Å². The van der Waals surface area contributed by atoms with Crippen molar-refractivity contribution in [2.75, 3.05) is 7.05 Å². The molecular weight excluding hydrogens is 114 g/mol. The summed E-state index contributed by atoms with van der Waals surface area (Å²) < 4.78 is 0. The van der Waals surface area contributed by atoms with Crippen molar-refractivity contribution in [3.8, 4) is 0 Å². The van der Waals surface area contributed by atoms with Crippen LogP contribution in [0.3, 0.4) is 0 Å². The lowest BCUT2D eigenvalue weighted by atomic mass is 9.84. The predicted octanol–water partition coefficient (Wildman–Crippen LogP) is 0.688. The van der Waals surface area contributed by atoms with Crippen LogP contribution in [0.15, 0.2) is 17.1 Å². The molecule has 1 aliphatic carbocycles. The summed E-state index contributed by atoms with van der Waals surface area (Å²) in [5, 5.41) is 0. The zero-order valence-corrected chi connectivity index (χ0v) is 5.32. The van der Waals surface area contributed by atoms with Gasteiger partial charge >= 0.3 is 0 Å². The SMILES string of the molecule is CN=CC1C=CC1C=O. The van der Waals surface area contributed by atoms with Gasteiger partial charge in [0.15, 0.2) is 0 Å². The van der Waals surface area contributed by atoms with Crippen molar-refractivity contribution in [2.24, 2.45) is 16.8 Å². The summed E-state index contributed by atoms with van der Waals surface area (Å²) in [6.45, 7) is 0. The van der Waals surface area contributed by atoms with Crippen LogP contribution >= 0.6 is 0 Å². The Kier molecular flexibility index (Phi) is 1.78. The van der Waals surface area contributed by atoms with Gasteiger partial charge in [-0.1, -0.05) is 12.2 Å². The first-order valence-corrected chi connectivity index (χ1v) is 2.94. The lowest BCUT2D eigenvalue weighted by molar-refractivity contribution is -0.110. The fourth-order valence-corrected chi connectivity index (χ4v) is 0.825. The highest BCUT2D eigenvalue weighted by molar-refractivity contribution is 5.75. The van der Waals surface area contributed by atoms with Crippen LogP contribution in [0, 0.1) is 11.8 Å². The number of carbonyl (C=O) groups excluding carboxylic acids is 1. The van der Waals surface area contributed by atoms with E-state index in [0.717, 1.165) is 6.29 Å². The van der Waals surface area contributed by atoms with Crippen molar-refractivity contribution in [2.45, 2.75) is 0 Å². The molecule has 0 saturated carbocycles. The monoisotopic (exact) mass is 123 g/mol. The molecule has 2 heteroatoms. The van der Waals surface area contributed by atoms with E-state index in [2.05, 4.69) is 4.99 Å². The molecular formula is C7H9NO. The minimum Gasteiger partial charge on any atom is -0.303 e. The summed E-state index contributed by atoms with van der Waals surface area (Å²) in [6.07, 6.45) is 6.61. The van der Waals surface area contributed by atoms with Crippen LogP contribution in [0.5, 0.6) is 0 Å². The van der Waals surface area contributed by atoms with Crippen molar-refractivity contribution in [3.05, 3.63) is 12.2 Å². The van der Waals surface area contributed by atoms with Crippen molar-refractivity contribution in [1.82, 2.24) is 0 Å². The maximum absolute atomic E-state index is 10.2. The van der Waals surface area contributed by atoms with E-state index in [1.165, 1.54) is 0 Å². The first kappa shape index (κ1) is 6.20. The molecule has 2 atom stereocenters. The fraction of sp³-hybridized carbons (Fsp3) is 0.429. The van der Waals surface area contributed by atoms with Gasteiger partial charge in [-0.05, 0) is 0 Å². The van der Waals surface area contributed by atoms with Gasteiger partial charge in [0.05, 0.1) is 0 Å². The summed E-state index contributed by atoms with van der Waals surface area (Å²) in [5.74, 6) is 0.362. The summed E-state index contributed by atoms with van der Waals surface area (Å²) in [4.78, 5) is 14.0. The molecule has 0 aliphatic heterocycles. The van der Waals surface area contributed by atoms with Crippen LogP contribution in [-0.4, -0.2) is 19.5 Å². The van der Waals surface area contributed by atoms with Gasteiger partial charge in [0, 0.05) is 25.1 Å². The number of aliphatic imine (C=N–C) groups is 1. The normalized spacial score (nSPS) is 32.6. The Balaban J connectivity index is 2.48. The maximum atomic E-state index is 10.2. The first-order chi connectivity index (χ1) is 4.38. The third-order valence-electron chi connectivity index (χ3n) is 1.48. The molecule has 0 heterocycles. The number of carbonyl (C=O) groups is 1. The summed E-state index contributed by atoms with van der Waals surface area (Å²) in [6, 6.07) is 0. The zero-order valence-electron chi connectivity index (χ0n) is 5.32. The number of hydrogen-bond acceptors (Lipinski definition) is 2. The average Bonchev–Trinajstić information content (AvgIpc) is 1.82. The molecule has 0 amide bonds. The first-order valence-electron chi connectivity index (χ1n) is 2.94. The van der Waals surface area contributed by atoms with Gasteiger partial charge in [-0.2, -0.15) is 0 Å². The topological polar surface area (TPSA) is 29.4 Å². The van der Waals surface area contributed by atoms with Gasteiger partial charge in [-0.3, -0.25) is 0 Å². The Hall–Kier alpha value is -0.920. The Labute approximate surface area is 54.3 Å². The van der Waals surface area contributed by atoms with E-state index in [0.29, 0.717) is 0 Å². The molecule has 2 nitrogen and oxygen atoms in total. The molecule has 48 valence electrons. The van der Waals surface area contributed by atoms with E-state index < -0.39 is 0 Å². The van der Waals surface area contributed by atoms with E-state index >= 15 is 0 Å². The number of rotatable bonds is 2. The molecule has 1 rings (SSSR count). The van der Waals surface area contributed by atoms with Crippen molar-refractivity contribution >= 4 is 12.5 Å². The molecule has 0 spiro atoms. The number of hydrogen-bond donors (Lipinski definition) is 0. The Morgan fingerprint density at radius 1 is 1.44 bits per heavy atom. The molecule has 0 N–H and O–H groups in total. The maximum Gasteiger partial charge on any atom is 0.127 e. The number of nitrogens with zero attached hydrogens (tertiary/aromatic N) is 1. The third kappa shape index (κ3) is 1.07. The highest BCUT2D eigenvalue weighted by Gasteiger charge is 2.20. The molecule has 2 unspecified atom stereocenters. The second-order valence-corrected chi connectivity index (χ2v) is 2.08. The molecule has 0 bridgehead atoms. The molecule has 1 aliphatic rings. The summed E-state index contributed by atoms with van der Waals surface area (Å²) in [7, 11) is 1.72. The van der Waals surface area contributed by atoms with Gasteiger partial charge in [-0.25, -0.2) is 0 Å². The lowest BCUT2D eigenvalue weighted by Gasteiger charge is -2.19. The van der Waals surface area contributed by atoms with Crippen LogP contribution in [0.1, 0.15) is 0 Å². The second-order valence-electron chi connectivity index (χ2n) is 2.08. The third-order valence-corrected chi connectivity index (χ3v) is 1.48. The van der Waals surface area contributed by atoms with Gasteiger partial charge in [0.1, 0.15) is 6.29 Å². The lowest BCUT2D eigenvalue weighted by Crippen LogP contribution is -2.20. The smallest absolute Gasteiger partial charge is 0.127 e. The standard InChI is InChI=1S/C7H9NO/c1-8-4-6-2-3-7(6)5-9/h2-7H,1H3. The van der Waals surface area contributed by atoms with E-state index in [9.17, 15) is 4.79 Å². The zero-order chi connectivity index (χ0) is 6.69. The fourth-order valence-electron chi connectivity index (χ4n) is 0.825. The van der Waals surface area contributed by atoms with Gasteiger partial charge in [-0.15, -0.1) is 0 Å². The van der Waals surface area contributed by atoms with Crippen LogP contribution in [0.4, 0.5) is 0 Å². The molecule has 0 aromatic heterocycles. The summed E-state index contributed by atoms with van der Waals surface area (Å²) in [5.41, 5.74) is 0. The highest BCUT2D eigenvalue weighted by Crippen LogP contribution is 2.20.